The van der Waals surface area contributed by atoms with E-state index in [1.54, 1.807) is 0 Å². The Balaban J connectivity index is 2.10. The van der Waals surface area contributed by atoms with Crippen molar-refractivity contribution in [1.29, 1.82) is 0 Å². The molecule has 0 aliphatic carbocycles. The molecule has 106 valence electrons. The number of ether oxygens (including phenoxy) is 1. The van der Waals surface area contributed by atoms with Crippen LogP contribution in [0.4, 0.5) is 5.69 Å². The summed E-state index contributed by atoms with van der Waals surface area (Å²) in [7, 11) is 0. The van der Waals surface area contributed by atoms with Gasteiger partial charge in [0.25, 0.3) is 5.91 Å². The number of carbonyl (C=O) groups excluding carboxylic acids is 1. The molecule has 1 heterocycles. The van der Waals surface area contributed by atoms with E-state index in [0.717, 1.165) is 27.0 Å². The van der Waals surface area contributed by atoms with Crippen molar-refractivity contribution in [3.8, 4) is 5.75 Å². The highest BCUT2D eigenvalue weighted by Crippen LogP contribution is 2.35. The highest BCUT2D eigenvalue weighted by atomic mass is 79.9. The number of hydrogen-bond donors (Lipinski definition) is 1. The Morgan fingerprint density at radius 3 is 2.86 bits per heavy atom. The molecule has 4 heteroatoms. The van der Waals surface area contributed by atoms with E-state index in [-0.39, 0.29) is 5.91 Å². The number of benzene rings is 2. The molecule has 21 heavy (non-hydrogen) atoms. The molecule has 0 saturated heterocycles. The number of nitrogens with one attached hydrogen (secondary N) is 1. The third kappa shape index (κ3) is 2.72. The molecular weight excluding hydrogens is 330 g/mol. The molecule has 0 radical (unpaired) electrons. The molecule has 0 bridgehead atoms. The number of rotatable bonds is 3. The molecule has 1 N–H and O–H groups in total. The summed E-state index contributed by atoms with van der Waals surface area (Å²) >= 11 is 3.46. The maximum Gasteiger partial charge on any atom is 0.256 e. The first-order chi connectivity index (χ1) is 10.2. The highest BCUT2D eigenvalue weighted by Gasteiger charge is 2.23. The summed E-state index contributed by atoms with van der Waals surface area (Å²) in [5.41, 5.74) is 3.31. The monoisotopic (exact) mass is 343 g/mol. The number of hydrogen-bond acceptors (Lipinski definition) is 2. The first kappa shape index (κ1) is 13.9. The Kier molecular flexibility index (Phi) is 3.80. The van der Waals surface area contributed by atoms with E-state index in [0.29, 0.717) is 12.2 Å². The number of para-hydroxylation sites is 1. The molecule has 1 amide bonds. The lowest BCUT2D eigenvalue weighted by Crippen LogP contribution is -2.03. The van der Waals surface area contributed by atoms with Crippen LogP contribution in [0.25, 0.3) is 11.6 Å². The number of halogens is 1. The Labute approximate surface area is 131 Å². The molecule has 0 atom stereocenters. The van der Waals surface area contributed by atoms with Gasteiger partial charge in [-0.1, -0.05) is 34.1 Å². The van der Waals surface area contributed by atoms with E-state index in [1.807, 2.05) is 55.5 Å². The van der Waals surface area contributed by atoms with Crippen LogP contribution in [0.2, 0.25) is 0 Å². The molecular formula is C17H14BrNO2. The molecule has 0 unspecified atom stereocenters. The number of amides is 1. The topological polar surface area (TPSA) is 38.3 Å². The van der Waals surface area contributed by atoms with E-state index in [2.05, 4.69) is 21.2 Å². The minimum atomic E-state index is -0.0846. The van der Waals surface area contributed by atoms with Gasteiger partial charge in [0.15, 0.2) is 0 Å². The average molecular weight is 344 g/mol. The zero-order valence-electron chi connectivity index (χ0n) is 11.5. The molecule has 0 spiro atoms. The van der Waals surface area contributed by atoms with Crippen molar-refractivity contribution in [2.24, 2.45) is 0 Å². The maximum absolute atomic E-state index is 12.2. The summed E-state index contributed by atoms with van der Waals surface area (Å²) in [6.07, 6.45) is 1.87. The van der Waals surface area contributed by atoms with E-state index in [1.165, 1.54) is 0 Å². The van der Waals surface area contributed by atoms with E-state index < -0.39 is 0 Å². The van der Waals surface area contributed by atoms with Crippen molar-refractivity contribution in [3.05, 3.63) is 58.1 Å². The van der Waals surface area contributed by atoms with Gasteiger partial charge in [0.2, 0.25) is 0 Å². The zero-order chi connectivity index (χ0) is 14.8. The lowest BCUT2D eigenvalue weighted by molar-refractivity contribution is -0.110. The van der Waals surface area contributed by atoms with Gasteiger partial charge < -0.3 is 10.1 Å². The summed E-state index contributed by atoms with van der Waals surface area (Å²) in [5, 5.41) is 2.87. The van der Waals surface area contributed by atoms with Crippen LogP contribution in [0.1, 0.15) is 18.1 Å². The second-order valence-electron chi connectivity index (χ2n) is 4.67. The van der Waals surface area contributed by atoms with Gasteiger partial charge in [-0.05, 0) is 37.3 Å². The van der Waals surface area contributed by atoms with Gasteiger partial charge in [-0.25, -0.2) is 0 Å². The van der Waals surface area contributed by atoms with Gasteiger partial charge in [-0.3, -0.25) is 4.79 Å². The van der Waals surface area contributed by atoms with Crippen molar-refractivity contribution >= 4 is 39.2 Å². The summed E-state index contributed by atoms with van der Waals surface area (Å²) in [5.74, 6) is 0.684. The van der Waals surface area contributed by atoms with Crippen LogP contribution in [-0.2, 0) is 4.79 Å². The van der Waals surface area contributed by atoms with E-state index >= 15 is 0 Å². The van der Waals surface area contributed by atoms with Crippen molar-refractivity contribution in [1.82, 2.24) is 0 Å². The summed E-state index contributed by atoms with van der Waals surface area (Å²) in [6, 6.07) is 13.5. The molecule has 2 aromatic carbocycles. The van der Waals surface area contributed by atoms with E-state index in [4.69, 9.17) is 4.74 Å². The van der Waals surface area contributed by atoms with Crippen molar-refractivity contribution in [2.75, 3.05) is 11.9 Å². The second-order valence-corrected chi connectivity index (χ2v) is 5.59. The van der Waals surface area contributed by atoms with Crippen LogP contribution < -0.4 is 10.1 Å². The number of fused-ring (bicyclic) bond motifs is 1. The Morgan fingerprint density at radius 1 is 1.24 bits per heavy atom. The smallest absolute Gasteiger partial charge is 0.256 e. The normalized spacial score (nSPS) is 15.0. The first-order valence-corrected chi connectivity index (χ1v) is 7.53. The minimum Gasteiger partial charge on any atom is -0.493 e. The highest BCUT2D eigenvalue weighted by molar-refractivity contribution is 9.10. The fraction of sp³-hybridized carbons (Fsp3) is 0.118. The number of carbonyl (C=O) groups is 1. The zero-order valence-corrected chi connectivity index (χ0v) is 13.1. The average Bonchev–Trinajstić information content (AvgIpc) is 2.78. The molecule has 3 nitrogen and oxygen atoms in total. The fourth-order valence-electron chi connectivity index (χ4n) is 2.36. The minimum absolute atomic E-state index is 0.0846. The molecule has 0 fully saturated rings. The molecule has 0 saturated carbocycles. The lowest BCUT2D eigenvalue weighted by Gasteiger charge is -2.08. The van der Waals surface area contributed by atoms with Crippen LogP contribution in [0.15, 0.2) is 46.9 Å². The van der Waals surface area contributed by atoms with Crippen LogP contribution in [0.3, 0.4) is 0 Å². The van der Waals surface area contributed by atoms with Crippen LogP contribution in [-0.4, -0.2) is 12.5 Å². The van der Waals surface area contributed by atoms with Gasteiger partial charge in [0.05, 0.1) is 6.61 Å². The van der Waals surface area contributed by atoms with Crippen molar-refractivity contribution < 1.29 is 9.53 Å². The Morgan fingerprint density at radius 2 is 2.05 bits per heavy atom. The van der Waals surface area contributed by atoms with Gasteiger partial charge in [-0.15, -0.1) is 0 Å². The van der Waals surface area contributed by atoms with Crippen molar-refractivity contribution in [2.45, 2.75) is 6.92 Å². The largest absolute Gasteiger partial charge is 0.493 e. The standard InChI is InChI=1S/C17H14BrNO2/c1-2-21-16-8-7-12(18)9-11(16)10-14-13-5-3-4-6-15(13)19-17(14)20/h3-10H,2H2,1H3,(H,19,20). The van der Waals surface area contributed by atoms with Crippen molar-refractivity contribution in [3.63, 3.8) is 0 Å². The van der Waals surface area contributed by atoms with Crippen LogP contribution >= 0.6 is 15.9 Å². The van der Waals surface area contributed by atoms with Gasteiger partial charge in [0, 0.05) is 26.9 Å². The molecule has 1 aliphatic heterocycles. The quantitative estimate of drug-likeness (QED) is 0.841. The molecule has 0 aromatic heterocycles. The predicted molar refractivity (Wildman–Crippen MR) is 88.3 cm³/mol. The summed E-state index contributed by atoms with van der Waals surface area (Å²) in [6.45, 7) is 2.52. The third-order valence-corrected chi connectivity index (χ3v) is 3.77. The fourth-order valence-corrected chi connectivity index (χ4v) is 2.74. The van der Waals surface area contributed by atoms with E-state index in [9.17, 15) is 4.79 Å². The Bertz CT molecular complexity index is 737. The predicted octanol–water partition coefficient (Wildman–Crippen LogP) is 4.34. The molecule has 2 aromatic rings. The molecule has 3 rings (SSSR count). The Hall–Kier alpha value is -2.07. The lowest BCUT2D eigenvalue weighted by atomic mass is 10.0. The third-order valence-electron chi connectivity index (χ3n) is 3.28. The van der Waals surface area contributed by atoms with Crippen LogP contribution in [0, 0.1) is 0 Å². The SMILES string of the molecule is CCOc1ccc(Br)cc1C=C1C(=O)Nc2ccccc21. The molecule has 1 aliphatic rings. The summed E-state index contributed by atoms with van der Waals surface area (Å²) < 4.78 is 6.58. The van der Waals surface area contributed by atoms with Crippen LogP contribution in [0.5, 0.6) is 5.75 Å². The second kappa shape index (κ2) is 5.74. The van der Waals surface area contributed by atoms with Gasteiger partial charge in [0.1, 0.15) is 5.75 Å². The number of anilines is 1. The van der Waals surface area contributed by atoms with Gasteiger partial charge in [-0.2, -0.15) is 0 Å². The maximum atomic E-state index is 12.2. The first-order valence-electron chi connectivity index (χ1n) is 6.74. The summed E-state index contributed by atoms with van der Waals surface area (Å²) in [4.78, 5) is 12.2. The van der Waals surface area contributed by atoms with Gasteiger partial charge >= 0.3 is 0 Å².